The van der Waals surface area contributed by atoms with Crippen molar-refractivity contribution in [2.75, 3.05) is 25.0 Å². The number of nitrogens with zero attached hydrogens (tertiary/aromatic N) is 3. The van der Waals surface area contributed by atoms with E-state index in [1.54, 1.807) is 11.2 Å². The van der Waals surface area contributed by atoms with Gasteiger partial charge in [0, 0.05) is 18.7 Å². The summed E-state index contributed by atoms with van der Waals surface area (Å²) in [7, 11) is 0. The lowest BCUT2D eigenvalue weighted by Gasteiger charge is -2.34. The number of nitrogens with one attached hydrogen (secondary N) is 1. The smallest absolute Gasteiger partial charge is 0.484 e. The first-order chi connectivity index (χ1) is 17.3. The van der Waals surface area contributed by atoms with Crippen LogP contribution in [-0.4, -0.2) is 46.8 Å². The number of amides is 1. The predicted molar refractivity (Wildman–Crippen MR) is 124 cm³/mol. The average Bonchev–Trinajstić information content (AvgIpc) is 3.24. The number of hydrogen-bond acceptors (Lipinski definition) is 6. The zero-order valence-corrected chi connectivity index (χ0v) is 19.9. The Balaban J connectivity index is 1.04. The summed E-state index contributed by atoms with van der Waals surface area (Å²) in [6.45, 7) is 1.67. The quantitative estimate of drug-likeness (QED) is 0.598. The molecule has 192 valence electrons. The first kappa shape index (κ1) is 23.4. The van der Waals surface area contributed by atoms with Gasteiger partial charge >= 0.3 is 6.36 Å². The van der Waals surface area contributed by atoms with Crippen molar-refractivity contribution in [3.8, 4) is 11.5 Å². The fourth-order valence-electron chi connectivity index (χ4n) is 7.21. The van der Waals surface area contributed by atoms with Crippen LogP contribution in [-0.2, 0) is 17.8 Å². The van der Waals surface area contributed by atoms with Crippen molar-refractivity contribution in [3.05, 3.63) is 41.9 Å². The van der Waals surface area contributed by atoms with E-state index in [-0.39, 0.29) is 18.3 Å². The third-order valence-corrected chi connectivity index (χ3v) is 8.55. The molecule has 2 unspecified atom stereocenters. The van der Waals surface area contributed by atoms with Crippen LogP contribution in [0.4, 0.5) is 19.0 Å². The van der Waals surface area contributed by atoms with Gasteiger partial charge in [-0.3, -0.25) is 4.79 Å². The van der Waals surface area contributed by atoms with Gasteiger partial charge in [-0.2, -0.15) is 0 Å². The summed E-state index contributed by atoms with van der Waals surface area (Å²) in [5.41, 5.74) is 2.35. The Morgan fingerprint density at radius 2 is 1.81 bits per heavy atom. The molecule has 1 aromatic heterocycles. The summed E-state index contributed by atoms with van der Waals surface area (Å²) in [5, 5.41) is 3.67. The third-order valence-electron chi connectivity index (χ3n) is 8.55. The molecule has 0 spiro atoms. The van der Waals surface area contributed by atoms with Gasteiger partial charge in [-0.05, 0) is 86.0 Å². The molecular formula is C26H29F3N4O3. The van der Waals surface area contributed by atoms with Gasteiger partial charge in [0.25, 0.3) is 5.91 Å². The van der Waals surface area contributed by atoms with Crippen molar-refractivity contribution in [3.63, 3.8) is 0 Å². The summed E-state index contributed by atoms with van der Waals surface area (Å²) in [4.78, 5) is 23.4. The summed E-state index contributed by atoms with van der Waals surface area (Å²) >= 11 is 0. The maximum Gasteiger partial charge on any atom is 0.573 e. The van der Waals surface area contributed by atoms with Crippen LogP contribution in [0.1, 0.15) is 43.4 Å². The first-order valence-electron chi connectivity index (χ1n) is 12.6. The maximum atomic E-state index is 12.7. The molecule has 36 heavy (non-hydrogen) atoms. The van der Waals surface area contributed by atoms with Crippen LogP contribution in [0.3, 0.4) is 0 Å². The van der Waals surface area contributed by atoms with Gasteiger partial charge < -0.3 is 19.7 Å². The second kappa shape index (κ2) is 8.81. The van der Waals surface area contributed by atoms with E-state index in [0.29, 0.717) is 30.7 Å². The van der Waals surface area contributed by atoms with Gasteiger partial charge in [-0.15, -0.1) is 13.2 Å². The monoisotopic (exact) mass is 502 g/mol. The predicted octanol–water partition coefficient (Wildman–Crippen LogP) is 4.58. The van der Waals surface area contributed by atoms with Crippen molar-refractivity contribution in [2.24, 2.45) is 23.2 Å². The van der Waals surface area contributed by atoms with Crippen molar-refractivity contribution >= 4 is 11.7 Å². The number of benzene rings is 1. The first-order valence-corrected chi connectivity index (χ1v) is 12.6. The molecule has 4 saturated carbocycles. The lowest BCUT2D eigenvalue weighted by atomic mass is 9.75. The molecule has 1 N–H and O–H groups in total. The lowest BCUT2D eigenvalue weighted by Crippen LogP contribution is -2.40. The average molecular weight is 503 g/mol. The Morgan fingerprint density at radius 1 is 1.08 bits per heavy atom. The van der Waals surface area contributed by atoms with E-state index >= 15 is 0 Å². The molecule has 1 aromatic carbocycles. The zero-order chi connectivity index (χ0) is 24.9. The number of alkyl halides is 3. The van der Waals surface area contributed by atoms with Crippen LogP contribution in [0.25, 0.3) is 0 Å². The van der Waals surface area contributed by atoms with Crippen molar-refractivity contribution < 1.29 is 27.4 Å². The molecule has 5 aliphatic rings. The summed E-state index contributed by atoms with van der Waals surface area (Å²) in [5.74, 6) is 3.32. The highest BCUT2D eigenvalue weighted by atomic mass is 19.4. The molecule has 7 rings (SSSR count). The second-order valence-electron chi connectivity index (χ2n) is 10.8. The summed E-state index contributed by atoms with van der Waals surface area (Å²) < 4.78 is 46.2. The Morgan fingerprint density at radius 3 is 2.53 bits per heavy atom. The van der Waals surface area contributed by atoms with Crippen molar-refractivity contribution in [1.29, 1.82) is 0 Å². The number of ether oxygens (including phenoxy) is 2. The Labute approximate surface area is 207 Å². The molecule has 2 atom stereocenters. The van der Waals surface area contributed by atoms with Crippen LogP contribution in [0.5, 0.6) is 11.5 Å². The van der Waals surface area contributed by atoms with Gasteiger partial charge in [0.15, 0.2) is 6.61 Å². The highest BCUT2D eigenvalue weighted by molar-refractivity contribution is 5.78. The molecule has 2 aromatic rings. The standard InChI is InChI=1S/C26H29F3N4O3/c27-26(28,29)36-20-3-1-19(2-4-20)35-13-23(34)33-6-5-21-22(12-33)31-15-32-24(21)30-14-25-10-16-7-17(11-25)9-18(25)8-16/h1-4,15-18H,5-14H2,(H,30,31,32). The molecule has 4 bridgehead atoms. The van der Waals surface area contributed by atoms with Crippen LogP contribution in [0.2, 0.25) is 0 Å². The van der Waals surface area contributed by atoms with E-state index in [2.05, 4.69) is 20.0 Å². The van der Waals surface area contributed by atoms with Crippen LogP contribution in [0, 0.1) is 23.2 Å². The highest BCUT2D eigenvalue weighted by Crippen LogP contribution is 2.65. The van der Waals surface area contributed by atoms with Gasteiger partial charge in [0.05, 0.1) is 12.2 Å². The van der Waals surface area contributed by atoms with E-state index in [0.717, 1.165) is 53.5 Å². The molecule has 1 amide bonds. The fraction of sp³-hybridized carbons (Fsp3) is 0.577. The number of hydrogen-bond donors (Lipinski definition) is 1. The molecule has 1 aliphatic heterocycles. The Bertz CT molecular complexity index is 1130. The van der Waals surface area contributed by atoms with Crippen LogP contribution in [0.15, 0.2) is 30.6 Å². The number of anilines is 1. The number of rotatable bonds is 7. The normalized spacial score (nSPS) is 28.2. The molecule has 4 fully saturated rings. The topological polar surface area (TPSA) is 76.6 Å². The summed E-state index contributed by atoms with van der Waals surface area (Å²) in [6, 6.07) is 4.98. The SMILES string of the molecule is O=C(COc1ccc(OC(F)(F)F)cc1)N1CCc2c(ncnc2NCC23CC4CC(CC2C4)C3)C1. The number of aromatic nitrogens is 2. The van der Waals surface area contributed by atoms with Gasteiger partial charge in [-0.1, -0.05) is 0 Å². The van der Waals surface area contributed by atoms with Crippen LogP contribution < -0.4 is 14.8 Å². The number of fused-ring (bicyclic) bond motifs is 1. The van der Waals surface area contributed by atoms with Crippen LogP contribution >= 0.6 is 0 Å². The molecule has 4 aliphatic carbocycles. The number of carbonyl (C=O) groups excluding carboxylic acids is 1. The van der Waals surface area contributed by atoms with Gasteiger partial charge in [0.1, 0.15) is 23.6 Å². The lowest BCUT2D eigenvalue weighted by molar-refractivity contribution is -0.274. The maximum absolute atomic E-state index is 12.7. The molecule has 0 saturated heterocycles. The number of carbonyl (C=O) groups is 1. The minimum absolute atomic E-state index is 0.206. The Hall–Kier alpha value is -3.04. The Kier molecular flexibility index (Phi) is 5.72. The zero-order valence-electron chi connectivity index (χ0n) is 19.9. The van der Waals surface area contributed by atoms with E-state index < -0.39 is 6.36 Å². The summed E-state index contributed by atoms with van der Waals surface area (Å²) in [6.07, 6.45) is 4.37. The van der Waals surface area contributed by atoms with Gasteiger partial charge in [0.2, 0.25) is 0 Å². The van der Waals surface area contributed by atoms with E-state index in [4.69, 9.17) is 4.74 Å². The van der Waals surface area contributed by atoms with E-state index in [1.165, 1.54) is 44.2 Å². The fourth-order valence-corrected chi connectivity index (χ4v) is 7.21. The molecule has 2 heterocycles. The highest BCUT2D eigenvalue weighted by Gasteiger charge is 2.57. The molecule has 0 radical (unpaired) electrons. The molecule has 10 heteroatoms. The van der Waals surface area contributed by atoms with Crippen molar-refractivity contribution in [1.82, 2.24) is 14.9 Å². The third kappa shape index (κ3) is 4.57. The largest absolute Gasteiger partial charge is 0.573 e. The van der Waals surface area contributed by atoms with Crippen molar-refractivity contribution in [2.45, 2.75) is 51.4 Å². The van der Waals surface area contributed by atoms with E-state index in [1.807, 2.05) is 0 Å². The van der Waals surface area contributed by atoms with Gasteiger partial charge in [-0.25, -0.2) is 9.97 Å². The molecular weight excluding hydrogens is 473 g/mol. The molecule has 7 nitrogen and oxygen atoms in total. The second-order valence-corrected chi connectivity index (χ2v) is 10.8. The van der Waals surface area contributed by atoms with E-state index in [9.17, 15) is 18.0 Å². The minimum Gasteiger partial charge on any atom is -0.484 e. The number of halogens is 3. The minimum atomic E-state index is -4.75.